The monoisotopic (exact) mass is 211 g/mol. The summed E-state index contributed by atoms with van der Waals surface area (Å²) in [6.45, 7) is 1.67. The molecule has 1 aliphatic heterocycles. The van der Waals surface area contributed by atoms with E-state index in [1.807, 2.05) is 0 Å². The minimum absolute atomic E-state index is 0.440. The highest BCUT2D eigenvalue weighted by Gasteiger charge is 2.28. The van der Waals surface area contributed by atoms with E-state index in [1.54, 1.807) is 0 Å². The highest BCUT2D eigenvalue weighted by Crippen LogP contribution is 2.39. The quantitative estimate of drug-likeness (QED) is 0.825. The van der Waals surface area contributed by atoms with Crippen LogP contribution in [0.2, 0.25) is 0 Å². The lowest BCUT2D eigenvalue weighted by atomic mass is 10.3. The van der Waals surface area contributed by atoms with Crippen molar-refractivity contribution in [2.24, 2.45) is 0 Å². The first-order valence-corrected chi connectivity index (χ1v) is 5.87. The minimum atomic E-state index is 0.440. The predicted molar refractivity (Wildman–Crippen MR) is 54.7 cm³/mol. The molecule has 1 aromatic rings. The summed E-state index contributed by atoms with van der Waals surface area (Å²) in [5.41, 5.74) is 0. The molecule has 14 heavy (non-hydrogen) atoms. The fraction of sp³-hybridized carbons (Fsp3) is 0.778. The summed E-state index contributed by atoms with van der Waals surface area (Å²) in [6, 6.07) is 0.440. The summed E-state index contributed by atoms with van der Waals surface area (Å²) in [7, 11) is 0. The Kier molecular flexibility index (Phi) is 2.14. The van der Waals surface area contributed by atoms with E-state index in [-0.39, 0.29) is 0 Å². The summed E-state index contributed by atoms with van der Waals surface area (Å²) in [4.78, 5) is 4.48. The molecular formula is C9H13N3OS. The first-order chi connectivity index (χ1) is 6.92. The van der Waals surface area contributed by atoms with Gasteiger partial charge in [-0.05, 0) is 19.3 Å². The van der Waals surface area contributed by atoms with Gasteiger partial charge >= 0.3 is 0 Å². The molecule has 4 nitrogen and oxygen atoms in total. The average molecular weight is 211 g/mol. The maximum Gasteiger partial charge on any atom is 0.202 e. The van der Waals surface area contributed by atoms with Gasteiger partial charge in [-0.3, -0.25) is 0 Å². The fourth-order valence-electron chi connectivity index (χ4n) is 1.62. The van der Waals surface area contributed by atoms with E-state index in [0.29, 0.717) is 12.0 Å². The number of rotatable bonds is 3. The van der Waals surface area contributed by atoms with Crippen LogP contribution < -0.4 is 5.32 Å². The number of ether oxygens (including phenoxy) is 1. The molecule has 1 saturated heterocycles. The molecule has 2 heterocycles. The Morgan fingerprint density at radius 1 is 1.36 bits per heavy atom. The summed E-state index contributed by atoms with van der Waals surface area (Å²) in [6.07, 6.45) is 3.61. The second kappa shape index (κ2) is 3.47. The number of aromatic nitrogens is 2. The molecule has 5 heteroatoms. The Hall–Kier alpha value is -0.680. The molecule has 0 spiro atoms. The molecule has 1 N–H and O–H groups in total. The van der Waals surface area contributed by atoms with Gasteiger partial charge in [-0.25, -0.2) is 4.98 Å². The zero-order valence-corrected chi connectivity index (χ0v) is 8.72. The van der Waals surface area contributed by atoms with Gasteiger partial charge in [-0.15, -0.1) is 0 Å². The van der Waals surface area contributed by atoms with E-state index in [2.05, 4.69) is 14.7 Å². The van der Waals surface area contributed by atoms with Crippen LogP contribution in [-0.4, -0.2) is 28.6 Å². The Labute approximate surface area is 86.9 Å². The first kappa shape index (κ1) is 8.61. The molecule has 1 aliphatic carbocycles. The predicted octanol–water partition coefficient (Wildman–Crippen LogP) is 1.62. The van der Waals surface area contributed by atoms with Crippen molar-refractivity contribution in [3.63, 3.8) is 0 Å². The van der Waals surface area contributed by atoms with Gasteiger partial charge < -0.3 is 10.1 Å². The van der Waals surface area contributed by atoms with Crippen LogP contribution in [0.4, 0.5) is 5.13 Å². The van der Waals surface area contributed by atoms with Crippen LogP contribution in [-0.2, 0) is 4.74 Å². The van der Waals surface area contributed by atoms with Gasteiger partial charge in [0.15, 0.2) is 0 Å². The Morgan fingerprint density at radius 3 is 3.00 bits per heavy atom. The molecule has 76 valence electrons. The van der Waals surface area contributed by atoms with Crippen LogP contribution in [0, 0.1) is 0 Å². The van der Waals surface area contributed by atoms with Crippen molar-refractivity contribution in [2.75, 3.05) is 18.5 Å². The SMILES string of the molecule is C1CC(Nc2nc(C3CC3)ns2)CO1. The van der Waals surface area contributed by atoms with Crippen LogP contribution in [0.1, 0.15) is 31.0 Å². The highest BCUT2D eigenvalue weighted by atomic mass is 32.1. The average Bonchev–Trinajstić information content (AvgIpc) is 2.75. The van der Waals surface area contributed by atoms with Crippen molar-refractivity contribution in [1.29, 1.82) is 0 Å². The molecule has 2 fully saturated rings. The molecule has 1 aromatic heterocycles. The maximum absolute atomic E-state index is 5.29. The van der Waals surface area contributed by atoms with Crippen molar-refractivity contribution in [1.82, 2.24) is 9.36 Å². The third kappa shape index (κ3) is 1.74. The molecule has 1 unspecified atom stereocenters. The Balaban J connectivity index is 1.64. The lowest BCUT2D eigenvalue weighted by molar-refractivity contribution is 0.195. The Bertz CT molecular complexity index is 318. The standard InChI is InChI=1S/C9H13N3OS/c1-2-6(1)8-11-9(14-12-8)10-7-3-4-13-5-7/h6-7H,1-5H2,(H,10,11,12). The smallest absolute Gasteiger partial charge is 0.202 e. The van der Waals surface area contributed by atoms with Crippen molar-refractivity contribution < 1.29 is 4.74 Å². The third-order valence-electron chi connectivity index (χ3n) is 2.64. The van der Waals surface area contributed by atoms with Crippen molar-refractivity contribution >= 4 is 16.7 Å². The highest BCUT2D eigenvalue weighted by molar-refractivity contribution is 7.09. The number of anilines is 1. The summed E-state index contributed by atoms with van der Waals surface area (Å²) >= 11 is 1.48. The first-order valence-electron chi connectivity index (χ1n) is 5.10. The summed E-state index contributed by atoms with van der Waals surface area (Å²) in [5.74, 6) is 1.69. The van der Waals surface area contributed by atoms with Gasteiger partial charge in [0.25, 0.3) is 0 Å². The van der Waals surface area contributed by atoms with Gasteiger partial charge in [-0.1, -0.05) is 0 Å². The van der Waals surface area contributed by atoms with Gasteiger partial charge in [0.2, 0.25) is 5.13 Å². The van der Waals surface area contributed by atoms with Crippen LogP contribution in [0.15, 0.2) is 0 Å². The summed E-state index contributed by atoms with van der Waals surface area (Å²) < 4.78 is 9.64. The van der Waals surface area contributed by atoms with Gasteiger partial charge in [0.1, 0.15) is 5.82 Å². The summed E-state index contributed by atoms with van der Waals surface area (Å²) in [5, 5.41) is 4.32. The van der Waals surface area contributed by atoms with Crippen molar-refractivity contribution in [3.8, 4) is 0 Å². The molecule has 1 atom stereocenters. The molecule has 0 aromatic carbocycles. The van der Waals surface area contributed by atoms with Crippen LogP contribution in [0.25, 0.3) is 0 Å². The van der Waals surface area contributed by atoms with Crippen molar-refractivity contribution in [2.45, 2.75) is 31.2 Å². The number of nitrogens with one attached hydrogen (secondary N) is 1. The maximum atomic E-state index is 5.29. The molecule has 0 amide bonds. The van der Waals surface area contributed by atoms with E-state index in [1.165, 1.54) is 24.4 Å². The minimum Gasteiger partial charge on any atom is -0.379 e. The van der Waals surface area contributed by atoms with E-state index in [4.69, 9.17) is 4.74 Å². The second-order valence-corrected chi connectivity index (χ2v) is 4.69. The zero-order valence-electron chi connectivity index (χ0n) is 7.90. The lowest BCUT2D eigenvalue weighted by Gasteiger charge is -2.06. The van der Waals surface area contributed by atoms with Crippen LogP contribution in [0.3, 0.4) is 0 Å². The normalized spacial score (nSPS) is 26.7. The van der Waals surface area contributed by atoms with E-state index >= 15 is 0 Å². The third-order valence-corrected chi connectivity index (χ3v) is 3.30. The molecule has 0 bridgehead atoms. The number of nitrogens with zero attached hydrogens (tertiary/aromatic N) is 2. The second-order valence-electron chi connectivity index (χ2n) is 3.94. The lowest BCUT2D eigenvalue weighted by Crippen LogP contribution is -2.18. The molecule has 0 radical (unpaired) electrons. The molecule has 2 aliphatic rings. The number of hydrogen-bond acceptors (Lipinski definition) is 5. The topological polar surface area (TPSA) is 47.0 Å². The van der Waals surface area contributed by atoms with Gasteiger partial charge in [0.05, 0.1) is 12.6 Å². The fourth-order valence-corrected chi connectivity index (χ4v) is 2.35. The van der Waals surface area contributed by atoms with Gasteiger partial charge in [-0.2, -0.15) is 4.37 Å². The molecular weight excluding hydrogens is 198 g/mol. The largest absolute Gasteiger partial charge is 0.379 e. The van der Waals surface area contributed by atoms with Gasteiger partial charge in [0, 0.05) is 24.1 Å². The zero-order chi connectivity index (χ0) is 9.38. The Morgan fingerprint density at radius 2 is 2.29 bits per heavy atom. The molecule has 3 rings (SSSR count). The van der Waals surface area contributed by atoms with E-state index in [9.17, 15) is 0 Å². The van der Waals surface area contributed by atoms with E-state index in [0.717, 1.165) is 30.6 Å². The van der Waals surface area contributed by atoms with Crippen molar-refractivity contribution in [3.05, 3.63) is 5.82 Å². The van der Waals surface area contributed by atoms with Crippen LogP contribution >= 0.6 is 11.5 Å². The van der Waals surface area contributed by atoms with E-state index < -0.39 is 0 Å². The van der Waals surface area contributed by atoms with Crippen LogP contribution in [0.5, 0.6) is 0 Å². The number of hydrogen-bond donors (Lipinski definition) is 1. The molecule has 1 saturated carbocycles.